The van der Waals surface area contributed by atoms with E-state index in [9.17, 15) is 0 Å². The third kappa shape index (κ3) is 4.59. The van der Waals surface area contributed by atoms with Gasteiger partial charge in [0.05, 0.1) is 10.7 Å². The molecule has 134 valence electrons. The molecule has 0 radical (unpaired) electrons. The quantitative estimate of drug-likeness (QED) is 0.790. The number of hydrogen-bond acceptors (Lipinski definition) is 4. The average Bonchev–Trinajstić information content (AvgIpc) is 2.58. The Hall–Kier alpha value is -1.91. The van der Waals surface area contributed by atoms with Crippen LogP contribution in [0.4, 0.5) is 11.4 Å². The fourth-order valence-electron chi connectivity index (χ4n) is 3.24. The highest BCUT2D eigenvalue weighted by Crippen LogP contribution is 2.31. The van der Waals surface area contributed by atoms with Crippen LogP contribution in [0.5, 0.6) is 5.75 Å². The zero-order valence-corrected chi connectivity index (χ0v) is 15.9. The highest BCUT2D eigenvalue weighted by molar-refractivity contribution is 6.32. The number of hydrogen-bond donors (Lipinski definition) is 1. The zero-order valence-electron chi connectivity index (χ0n) is 15.1. The van der Waals surface area contributed by atoms with Gasteiger partial charge in [0, 0.05) is 45.7 Å². The van der Waals surface area contributed by atoms with Gasteiger partial charge in [0.25, 0.3) is 0 Å². The number of hydrazine groups is 1. The first kappa shape index (κ1) is 17.9. The number of benzene rings is 2. The van der Waals surface area contributed by atoms with Gasteiger partial charge in [0.15, 0.2) is 0 Å². The van der Waals surface area contributed by atoms with Crippen LogP contribution >= 0.6 is 11.6 Å². The molecule has 4 nitrogen and oxygen atoms in total. The van der Waals surface area contributed by atoms with Crippen molar-refractivity contribution in [1.29, 1.82) is 0 Å². The standard InChI is InChI=1S/C20H26ClN3O/c1-15-6-4-5-7-19(15)24-12-10-17(11-13-24)25-20-9-8-16(14-18(20)21)22-23(2)3/h4-9,14,17,22H,10-13H2,1-3H3. The lowest BCUT2D eigenvalue weighted by Crippen LogP contribution is -2.38. The lowest BCUT2D eigenvalue weighted by molar-refractivity contribution is 0.171. The van der Waals surface area contributed by atoms with E-state index in [1.165, 1.54) is 11.3 Å². The van der Waals surface area contributed by atoms with Gasteiger partial charge in [-0.25, -0.2) is 5.01 Å². The minimum Gasteiger partial charge on any atom is -0.489 e. The predicted molar refractivity (Wildman–Crippen MR) is 106 cm³/mol. The first-order valence-electron chi connectivity index (χ1n) is 8.73. The molecule has 25 heavy (non-hydrogen) atoms. The smallest absolute Gasteiger partial charge is 0.138 e. The molecule has 2 aromatic carbocycles. The van der Waals surface area contributed by atoms with Crippen LogP contribution in [0, 0.1) is 6.92 Å². The number of rotatable bonds is 5. The van der Waals surface area contributed by atoms with E-state index < -0.39 is 0 Å². The fourth-order valence-corrected chi connectivity index (χ4v) is 3.46. The van der Waals surface area contributed by atoms with E-state index in [0.29, 0.717) is 5.02 Å². The zero-order chi connectivity index (χ0) is 17.8. The van der Waals surface area contributed by atoms with Crippen molar-refractivity contribution in [1.82, 2.24) is 5.01 Å². The minimum absolute atomic E-state index is 0.213. The predicted octanol–water partition coefficient (Wildman–Crippen LogP) is 4.58. The Kier molecular flexibility index (Phi) is 5.71. The molecule has 1 heterocycles. The third-order valence-corrected chi connectivity index (χ3v) is 4.77. The second kappa shape index (κ2) is 7.98. The molecule has 0 spiro atoms. The number of nitrogens with zero attached hydrogens (tertiary/aromatic N) is 2. The number of nitrogens with one attached hydrogen (secondary N) is 1. The minimum atomic E-state index is 0.213. The van der Waals surface area contributed by atoms with E-state index in [4.69, 9.17) is 16.3 Å². The molecule has 0 bridgehead atoms. The summed E-state index contributed by atoms with van der Waals surface area (Å²) in [5.41, 5.74) is 6.81. The van der Waals surface area contributed by atoms with Crippen LogP contribution in [0.15, 0.2) is 42.5 Å². The molecule has 1 aliphatic heterocycles. The molecule has 5 heteroatoms. The van der Waals surface area contributed by atoms with Crippen LogP contribution < -0.4 is 15.1 Å². The summed E-state index contributed by atoms with van der Waals surface area (Å²) in [7, 11) is 3.89. The Bertz CT molecular complexity index is 712. The molecule has 0 saturated carbocycles. The van der Waals surface area contributed by atoms with E-state index in [0.717, 1.165) is 37.4 Å². The lowest BCUT2D eigenvalue weighted by Gasteiger charge is -2.34. The summed E-state index contributed by atoms with van der Waals surface area (Å²) < 4.78 is 6.16. The second-order valence-corrected chi connectivity index (χ2v) is 7.15. The van der Waals surface area contributed by atoms with Gasteiger partial charge in [0.1, 0.15) is 11.9 Å². The summed E-state index contributed by atoms with van der Waals surface area (Å²) in [6.45, 7) is 4.18. The van der Waals surface area contributed by atoms with Gasteiger partial charge in [-0.05, 0) is 36.8 Å². The molecule has 0 unspecified atom stereocenters. The molecule has 0 aromatic heterocycles. The van der Waals surface area contributed by atoms with E-state index in [1.54, 1.807) is 0 Å². The fraction of sp³-hybridized carbons (Fsp3) is 0.400. The maximum atomic E-state index is 6.38. The molecular weight excluding hydrogens is 334 g/mol. The van der Waals surface area contributed by atoms with Crippen molar-refractivity contribution in [3.05, 3.63) is 53.1 Å². The van der Waals surface area contributed by atoms with Crippen LogP contribution in [0.3, 0.4) is 0 Å². The number of halogens is 1. The van der Waals surface area contributed by atoms with E-state index in [-0.39, 0.29) is 6.10 Å². The summed E-state index contributed by atoms with van der Waals surface area (Å²) in [5.74, 6) is 0.764. The van der Waals surface area contributed by atoms with Crippen molar-refractivity contribution >= 4 is 23.0 Å². The van der Waals surface area contributed by atoms with Crippen LogP contribution in [0.2, 0.25) is 5.02 Å². The first-order valence-corrected chi connectivity index (χ1v) is 9.11. The third-order valence-electron chi connectivity index (χ3n) is 4.48. The van der Waals surface area contributed by atoms with E-state index >= 15 is 0 Å². The molecule has 0 atom stereocenters. The van der Waals surface area contributed by atoms with Gasteiger partial charge < -0.3 is 15.1 Å². The summed E-state index contributed by atoms with van der Waals surface area (Å²) >= 11 is 6.38. The van der Waals surface area contributed by atoms with Crippen molar-refractivity contribution in [2.75, 3.05) is 37.5 Å². The summed E-state index contributed by atoms with van der Waals surface area (Å²) in [6, 6.07) is 14.4. The van der Waals surface area contributed by atoms with Crippen molar-refractivity contribution in [2.45, 2.75) is 25.9 Å². The SMILES string of the molecule is Cc1ccccc1N1CCC(Oc2ccc(NN(C)C)cc2Cl)CC1. The van der Waals surface area contributed by atoms with Crippen molar-refractivity contribution in [3.8, 4) is 5.75 Å². The maximum absolute atomic E-state index is 6.38. The monoisotopic (exact) mass is 359 g/mol. The van der Waals surface area contributed by atoms with Crippen molar-refractivity contribution < 1.29 is 4.74 Å². The van der Waals surface area contributed by atoms with E-state index in [2.05, 4.69) is 41.5 Å². The topological polar surface area (TPSA) is 27.7 Å². The largest absolute Gasteiger partial charge is 0.489 e. The van der Waals surface area contributed by atoms with Gasteiger partial charge in [-0.1, -0.05) is 29.8 Å². The Balaban J connectivity index is 1.58. The van der Waals surface area contributed by atoms with Crippen molar-refractivity contribution in [3.63, 3.8) is 0 Å². The second-order valence-electron chi connectivity index (χ2n) is 6.74. The van der Waals surface area contributed by atoms with Gasteiger partial charge in [-0.2, -0.15) is 0 Å². The number of para-hydroxylation sites is 1. The molecule has 0 amide bonds. The van der Waals surface area contributed by atoms with Crippen LogP contribution in [-0.4, -0.2) is 38.3 Å². The van der Waals surface area contributed by atoms with Gasteiger partial charge in [-0.15, -0.1) is 0 Å². The molecule has 1 saturated heterocycles. The average molecular weight is 360 g/mol. The molecule has 1 aliphatic rings. The summed E-state index contributed by atoms with van der Waals surface area (Å²) in [6.07, 6.45) is 2.22. The number of ether oxygens (including phenoxy) is 1. The Morgan fingerprint density at radius 2 is 1.84 bits per heavy atom. The molecule has 0 aliphatic carbocycles. The van der Waals surface area contributed by atoms with Crippen LogP contribution in [0.1, 0.15) is 18.4 Å². The Labute approximate surface area is 155 Å². The van der Waals surface area contributed by atoms with Crippen LogP contribution in [-0.2, 0) is 0 Å². The Morgan fingerprint density at radius 1 is 1.12 bits per heavy atom. The maximum Gasteiger partial charge on any atom is 0.138 e. The number of piperidine rings is 1. The summed E-state index contributed by atoms with van der Waals surface area (Å²) in [4.78, 5) is 2.45. The first-order chi connectivity index (χ1) is 12.0. The van der Waals surface area contributed by atoms with Gasteiger partial charge in [0.2, 0.25) is 0 Å². The highest BCUT2D eigenvalue weighted by atomic mass is 35.5. The molecule has 3 rings (SSSR count). The summed E-state index contributed by atoms with van der Waals surface area (Å²) in [5, 5.41) is 2.53. The molecule has 1 fully saturated rings. The van der Waals surface area contributed by atoms with Gasteiger partial charge in [-0.3, -0.25) is 0 Å². The number of aryl methyl sites for hydroxylation is 1. The normalized spacial score (nSPS) is 15.5. The van der Waals surface area contributed by atoms with Crippen LogP contribution in [0.25, 0.3) is 0 Å². The van der Waals surface area contributed by atoms with Crippen molar-refractivity contribution in [2.24, 2.45) is 0 Å². The van der Waals surface area contributed by atoms with Gasteiger partial charge >= 0.3 is 0 Å². The molecular formula is C20H26ClN3O. The Morgan fingerprint density at radius 3 is 2.48 bits per heavy atom. The number of anilines is 2. The van der Waals surface area contributed by atoms with E-state index in [1.807, 2.05) is 37.3 Å². The lowest BCUT2D eigenvalue weighted by atomic mass is 10.1. The molecule has 1 N–H and O–H groups in total. The molecule has 2 aromatic rings. The highest BCUT2D eigenvalue weighted by Gasteiger charge is 2.22.